The van der Waals surface area contributed by atoms with Crippen molar-refractivity contribution in [1.29, 1.82) is 0 Å². The van der Waals surface area contributed by atoms with Crippen LogP contribution < -0.4 is 15.4 Å². The average Bonchev–Trinajstić information content (AvgIpc) is 2.69. The third kappa shape index (κ3) is 4.08. The van der Waals surface area contributed by atoms with Crippen LogP contribution in [0, 0.1) is 0 Å². The highest BCUT2D eigenvalue weighted by atomic mass is 35.5. The largest absolute Gasteiger partial charge is 0.495 e. The SMILES string of the molecule is COc1ccc(Nc2nc(NC3CCCCC3)c3ccccc3n2)cc1Cl. The minimum Gasteiger partial charge on any atom is -0.495 e. The van der Waals surface area contributed by atoms with Crippen molar-refractivity contribution >= 4 is 40.0 Å². The maximum atomic E-state index is 6.23. The third-order valence-corrected chi connectivity index (χ3v) is 5.25. The third-order valence-electron chi connectivity index (χ3n) is 4.96. The molecule has 0 bridgehead atoms. The van der Waals surface area contributed by atoms with Gasteiger partial charge in [-0.3, -0.25) is 0 Å². The van der Waals surface area contributed by atoms with E-state index in [0.29, 0.717) is 22.8 Å². The molecule has 2 aromatic carbocycles. The number of nitrogens with one attached hydrogen (secondary N) is 2. The number of ether oxygens (including phenoxy) is 1. The molecular weight excluding hydrogens is 360 g/mol. The average molecular weight is 383 g/mol. The van der Waals surface area contributed by atoms with E-state index in [1.165, 1.54) is 32.1 Å². The number of hydrogen-bond acceptors (Lipinski definition) is 5. The predicted molar refractivity (Wildman–Crippen MR) is 111 cm³/mol. The van der Waals surface area contributed by atoms with Crippen LogP contribution >= 0.6 is 11.6 Å². The number of halogens is 1. The fraction of sp³-hybridized carbons (Fsp3) is 0.333. The molecule has 0 saturated heterocycles. The topological polar surface area (TPSA) is 59.1 Å². The van der Waals surface area contributed by atoms with Gasteiger partial charge in [0.05, 0.1) is 17.6 Å². The summed E-state index contributed by atoms with van der Waals surface area (Å²) in [6, 6.07) is 14.1. The van der Waals surface area contributed by atoms with Gasteiger partial charge in [-0.25, -0.2) is 4.98 Å². The molecule has 1 fully saturated rings. The van der Waals surface area contributed by atoms with Crippen LogP contribution in [0.2, 0.25) is 5.02 Å². The zero-order valence-electron chi connectivity index (χ0n) is 15.3. The molecule has 1 aliphatic rings. The summed E-state index contributed by atoms with van der Waals surface area (Å²) in [7, 11) is 1.60. The van der Waals surface area contributed by atoms with Crippen molar-refractivity contribution in [2.75, 3.05) is 17.7 Å². The molecule has 3 aromatic rings. The number of fused-ring (bicyclic) bond motifs is 1. The van der Waals surface area contributed by atoms with Crippen LogP contribution in [0.5, 0.6) is 5.75 Å². The second kappa shape index (κ2) is 8.01. The Morgan fingerprint density at radius 2 is 1.85 bits per heavy atom. The van der Waals surface area contributed by atoms with Crippen molar-refractivity contribution < 1.29 is 4.74 Å². The van der Waals surface area contributed by atoms with Crippen LogP contribution in [0.3, 0.4) is 0 Å². The smallest absolute Gasteiger partial charge is 0.229 e. The van der Waals surface area contributed by atoms with E-state index in [9.17, 15) is 0 Å². The Balaban J connectivity index is 1.65. The fourth-order valence-corrected chi connectivity index (χ4v) is 3.81. The molecule has 0 spiro atoms. The Bertz CT molecular complexity index is 941. The number of aromatic nitrogens is 2. The van der Waals surface area contributed by atoms with Gasteiger partial charge in [0.1, 0.15) is 11.6 Å². The lowest BCUT2D eigenvalue weighted by molar-refractivity contribution is 0.415. The van der Waals surface area contributed by atoms with Gasteiger partial charge in [0.2, 0.25) is 5.95 Å². The number of methoxy groups -OCH3 is 1. The Morgan fingerprint density at radius 1 is 1.04 bits per heavy atom. The number of benzene rings is 2. The molecule has 0 amide bonds. The summed E-state index contributed by atoms with van der Waals surface area (Å²) < 4.78 is 5.21. The molecule has 1 heterocycles. The van der Waals surface area contributed by atoms with Crippen molar-refractivity contribution in [3.63, 3.8) is 0 Å². The summed E-state index contributed by atoms with van der Waals surface area (Å²) in [5, 5.41) is 8.49. The zero-order valence-corrected chi connectivity index (χ0v) is 16.1. The molecule has 2 N–H and O–H groups in total. The fourth-order valence-electron chi connectivity index (χ4n) is 3.56. The monoisotopic (exact) mass is 382 g/mol. The molecule has 1 aliphatic carbocycles. The molecule has 140 valence electrons. The lowest BCUT2D eigenvalue weighted by atomic mass is 9.95. The van der Waals surface area contributed by atoms with Gasteiger partial charge in [-0.15, -0.1) is 0 Å². The van der Waals surface area contributed by atoms with E-state index >= 15 is 0 Å². The van der Waals surface area contributed by atoms with Crippen molar-refractivity contribution in [3.05, 3.63) is 47.5 Å². The van der Waals surface area contributed by atoms with Crippen LogP contribution in [-0.4, -0.2) is 23.1 Å². The van der Waals surface area contributed by atoms with Gasteiger partial charge in [0.15, 0.2) is 0 Å². The van der Waals surface area contributed by atoms with E-state index < -0.39 is 0 Å². The number of para-hydroxylation sites is 1. The number of rotatable bonds is 5. The minimum atomic E-state index is 0.473. The molecule has 1 aromatic heterocycles. The Kier molecular flexibility index (Phi) is 5.30. The summed E-state index contributed by atoms with van der Waals surface area (Å²) in [4.78, 5) is 9.41. The van der Waals surface area contributed by atoms with Crippen LogP contribution in [0.15, 0.2) is 42.5 Å². The number of anilines is 3. The van der Waals surface area contributed by atoms with Crippen LogP contribution in [0.1, 0.15) is 32.1 Å². The number of nitrogens with zero attached hydrogens (tertiary/aromatic N) is 2. The highest BCUT2D eigenvalue weighted by molar-refractivity contribution is 6.32. The minimum absolute atomic E-state index is 0.473. The molecule has 5 nitrogen and oxygen atoms in total. The molecule has 0 aliphatic heterocycles. The first-order valence-electron chi connectivity index (χ1n) is 9.37. The van der Waals surface area contributed by atoms with E-state index in [1.54, 1.807) is 7.11 Å². The van der Waals surface area contributed by atoms with Gasteiger partial charge in [0, 0.05) is 17.1 Å². The zero-order chi connectivity index (χ0) is 18.6. The summed E-state index contributed by atoms with van der Waals surface area (Å²) in [5.41, 5.74) is 1.73. The number of hydrogen-bond donors (Lipinski definition) is 2. The molecule has 0 unspecified atom stereocenters. The lowest BCUT2D eigenvalue weighted by Gasteiger charge is -2.24. The van der Waals surface area contributed by atoms with Gasteiger partial charge in [-0.1, -0.05) is 43.0 Å². The summed E-state index contributed by atoms with van der Waals surface area (Å²) in [6.45, 7) is 0. The van der Waals surface area contributed by atoms with Gasteiger partial charge in [-0.05, 0) is 43.2 Å². The van der Waals surface area contributed by atoms with Crippen molar-refractivity contribution in [3.8, 4) is 5.75 Å². The first-order valence-corrected chi connectivity index (χ1v) is 9.74. The van der Waals surface area contributed by atoms with E-state index in [-0.39, 0.29) is 0 Å². The van der Waals surface area contributed by atoms with Gasteiger partial charge in [0.25, 0.3) is 0 Å². The summed E-state index contributed by atoms with van der Waals surface area (Å²) in [5.74, 6) is 2.07. The van der Waals surface area contributed by atoms with E-state index in [1.807, 2.05) is 36.4 Å². The van der Waals surface area contributed by atoms with Crippen LogP contribution in [0.4, 0.5) is 17.5 Å². The first kappa shape index (κ1) is 17.9. The maximum Gasteiger partial charge on any atom is 0.229 e. The Morgan fingerprint density at radius 3 is 2.63 bits per heavy atom. The van der Waals surface area contributed by atoms with Gasteiger partial charge >= 0.3 is 0 Å². The first-order chi connectivity index (χ1) is 13.2. The summed E-state index contributed by atoms with van der Waals surface area (Å²) in [6.07, 6.45) is 6.25. The van der Waals surface area contributed by atoms with E-state index in [2.05, 4.69) is 21.7 Å². The Hall–Kier alpha value is -2.53. The molecule has 0 atom stereocenters. The van der Waals surface area contributed by atoms with Crippen molar-refractivity contribution in [2.45, 2.75) is 38.1 Å². The second-order valence-electron chi connectivity index (χ2n) is 6.87. The van der Waals surface area contributed by atoms with Crippen molar-refractivity contribution in [2.24, 2.45) is 0 Å². The van der Waals surface area contributed by atoms with E-state index in [4.69, 9.17) is 21.3 Å². The molecule has 6 heteroatoms. The van der Waals surface area contributed by atoms with Crippen LogP contribution in [-0.2, 0) is 0 Å². The molecule has 4 rings (SSSR count). The van der Waals surface area contributed by atoms with Crippen molar-refractivity contribution in [1.82, 2.24) is 9.97 Å². The summed E-state index contributed by atoms with van der Waals surface area (Å²) >= 11 is 6.23. The molecule has 27 heavy (non-hydrogen) atoms. The van der Waals surface area contributed by atoms with E-state index in [0.717, 1.165) is 22.4 Å². The Labute approximate surface area is 164 Å². The van der Waals surface area contributed by atoms with Gasteiger partial charge < -0.3 is 15.4 Å². The molecular formula is C21H23ClN4O. The second-order valence-corrected chi connectivity index (χ2v) is 7.27. The predicted octanol–water partition coefficient (Wildman–Crippen LogP) is 5.78. The highest BCUT2D eigenvalue weighted by Crippen LogP contribution is 2.30. The normalized spacial score (nSPS) is 14.9. The lowest BCUT2D eigenvalue weighted by Crippen LogP contribution is -2.23. The van der Waals surface area contributed by atoms with Crippen LogP contribution in [0.25, 0.3) is 10.9 Å². The van der Waals surface area contributed by atoms with Gasteiger partial charge in [-0.2, -0.15) is 4.98 Å². The quantitative estimate of drug-likeness (QED) is 0.585. The molecule has 0 radical (unpaired) electrons. The maximum absolute atomic E-state index is 6.23. The standard InChI is InChI=1S/C21H23ClN4O/c1-27-19-12-11-15(13-17(19)22)24-21-25-18-10-6-5-9-16(18)20(26-21)23-14-7-3-2-4-8-14/h5-6,9-14H,2-4,7-8H2,1H3,(H2,23,24,25,26). The highest BCUT2D eigenvalue weighted by Gasteiger charge is 2.16. The molecule has 1 saturated carbocycles.